The van der Waals surface area contributed by atoms with Crippen molar-refractivity contribution in [1.29, 1.82) is 0 Å². The molecule has 2 nitrogen and oxygen atoms in total. The van der Waals surface area contributed by atoms with Crippen LogP contribution in [0.15, 0.2) is 18.2 Å². The van der Waals surface area contributed by atoms with Gasteiger partial charge in [0.15, 0.2) is 0 Å². The van der Waals surface area contributed by atoms with Crippen molar-refractivity contribution in [2.24, 2.45) is 0 Å². The molecule has 2 unspecified atom stereocenters. The van der Waals surface area contributed by atoms with Crippen molar-refractivity contribution >= 4 is 0 Å². The molecule has 0 heterocycles. The highest BCUT2D eigenvalue weighted by atomic mass is 19.1. The minimum absolute atomic E-state index is 0.0526. The van der Waals surface area contributed by atoms with Gasteiger partial charge in [0.05, 0.1) is 11.6 Å². The fraction of sp³-hybridized carbons (Fsp3) is 0.571. The van der Waals surface area contributed by atoms with Crippen LogP contribution in [0.1, 0.15) is 37.4 Å². The number of nitrogens with one attached hydrogen (secondary N) is 1. The predicted molar refractivity (Wildman–Crippen MR) is 68.6 cm³/mol. The van der Waals surface area contributed by atoms with Crippen molar-refractivity contribution in [2.75, 3.05) is 14.2 Å². The Labute approximate surface area is 103 Å². The van der Waals surface area contributed by atoms with Crippen LogP contribution in [-0.4, -0.2) is 19.8 Å². The van der Waals surface area contributed by atoms with E-state index in [0.29, 0.717) is 5.56 Å². The van der Waals surface area contributed by atoms with Gasteiger partial charge in [0.2, 0.25) is 0 Å². The number of benzene rings is 1. The van der Waals surface area contributed by atoms with E-state index < -0.39 is 0 Å². The van der Waals surface area contributed by atoms with E-state index in [-0.39, 0.29) is 17.5 Å². The summed E-state index contributed by atoms with van der Waals surface area (Å²) < 4.78 is 18.9. The van der Waals surface area contributed by atoms with Crippen molar-refractivity contribution in [3.05, 3.63) is 35.1 Å². The van der Waals surface area contributed by atoms with E-state index in [1.165, 1.54) is 6.07 Å². The van der Waals surface area contributed by atoms with Gasteiger partial charge in [0.1, 0.15) is 5.82 Å². The smallest absolute Gasteiger partial charge is 0.126 e. The summed E-state index contributed by atoms with van der Waals surface area (Å²) in [6, 6.07) is 5.26. The largest absolute Gasteiger partial charge is 0.377 e. The summed E-state index contributed by atoms with van der Waals surface area (Å²) in [6.07, 6.45) is 0.880. The zero-order chi connectivity index (χ0) is 13.1. The number of aryl methyl sites for hydroxylation is 1. The van der Waals surface area contributed by atoms with Gasteiger partial charge in [0.25, 0.3) is 0 Å². The Balaban J connectivity index is 3.13. The lowest BCUT2D eigenvalue weighted by molar-refractivity contribution is -0.0280. The summed E-state index contributed by atoms with van der Waals surface area (Å²) in [5, 5.41) is 3.26. The number of rotatable bonds is 5. The molecule has 0 radical (unpaired) electrons. The second kappa shape index (κ2) is 5.61. The number of likely N-dealkylation sites (N-methyl/N-ethyl adjacent to an activating group) is 1. The molecule has 0 aliphatic carbocycles. The van der Waals surface area contributed by atoms with Gasteiger partial charge < -0.3 is 10.1 Å². The van der Waals surface area contributed by atoms with Gasteiger partial charge in [-0.15, -0.1) is 0 Å². The van der Waals surface area contributed by atoms with Gasteiger partial charge >= 0.3 is 0 Å². The monoisotopic (exact) mass is 239 g/mol. The highest BCUT2D eigenvalue weighted by Gasteiger charge is 2.32. The zero-order valence-electron chi connectivity index (χ0n) is 11.3. The number of ether oxygens (including phenoxy) is 1. The van der Waals surface area contributed by atoms with Crippen LogP contribution in [0, 0.1) is 12.7 Å². The van der Waals surface area contributed by atoms with Crippen LogP contribution >= 0.6 is 0 Å². The molecule has 96 valence electrons. The first-order chi connectivity index (χ1) is 7.98. The van der Waals surface area contributed by atoms with E-state index >= 15 is 0 Å². The number of hydrogen-bond donors (Lipinski definition) is 1. The van der Waals surface area contributed by atoms with E-state index in [1.54, 1.807) is 14.0 Å². The van der Waals surface area contributed by atoms with Gasteiger partial charge in [-0.25, -0.2) is 4.39 Å². The molecule has 17 heavy (non-hydrogen) atoms. The van der Waals surface area contributed by atoms with E-state index in [0.717, 1.165) is 12.0 Å². The lowest BCUT2D eigenvalue weighted by Gasteiger charge is -2.36. The summed E-state index contributed by atoms with van der Waals surface area (Å²) in [4.78, 5) is 0. The molecule has 1 aromatic rings. The second-order valence-electron chi connectivity index (χ2n) is 4.60. The summed E-state index contributed by atoms with van der Waals surface area (Å²) in [5.41, 5.74) is 1.42. The molecular formula is C14H22FNO. The highest BCUT2D eigenvalue weighted by Crippen LogP contribution is 2.31. The molecule has 2 atom stereocenters. The lowest BCUT2D eigenvalue weighted by atomic mass is 9.87. The van der Waals surface area contributed by atoms with Gasteiger partial charge in [-0.2, -0.15) is 0 Å². The molecule has 0 aliphatic heterocycles. The molecule has 0 saturated heterocycles. The number of halogens is 1. The topological polar surface area (TPSA) is 21.3 Å². The predicted octanol–water partition coefficient (Wildman–Crippen LogP) is 3.21. The Bertz CT molecular complexity index is 374. The van der Waals surface area contributed by atoms with E-state index in [9.17, 15) is 4.39 Å². The van der Waals surface area contributed by atoms with Gasteiger partial charge in [-0.3, -0.25) is 0 Å². The summed E-state index contributed by atoms with van der Waals surface area (Å²) in [5.74, 6) is -0.167. The molecule has 0 fully saturated rings. The van der Waals surface area contributed by atoms with Crippen LogP contribution in [0.25, 0.3) is 0 Å². The van der Waals surface area contributed by atoms with Crippen LogP contribution < -0.4 is 5.32 Å². The fourth-order valence-corrected chi connectivity index (χ4v) is 2.14. The molecule has 0 spiro atoms. The van der Waals surface area contributed by atoms with Crippen molar-refractivity contribution < 1.29 is 9.13 Å². The minimum Gasteiger partial charge on any atom is -0.377 e. The standard InChI is InChI=1S/C14H22FNO/c1-6-14(3,17-5)13(16-4)11-7-8-12(15)10(2)9-11/h7-9,13,16H,6H2,1-5H3. The second-order valence-corrected chi connectivity index (χ2v) is 4.60. The first-order valence-corrected chi connectivity index (χ1v) is 5.97. The van der Waals surface area contributed by atoms with E-state index in [1.807, 2.05) is 19.2 Å². The minimum atomic E-state index is -0.293. The molecule has 0 aliphatic rings. The first-order valence-electron chi connectivity index (χ1n) is 5.97. The average Bonchev–Trinajstić information content (AvgIpc) is 2.34. The van der Waals surface area contributed by atoms with E-state index in [2.05, 4.69) is 19.2 Å². The lowest BCUT2D eigenvalue weighted by Crippen LogP contribution is -2.41. The molecule has 3 heteroatoms. The van der Waals surface area contributed by atoms with Crippen LogP contribution in [-0.2, 0) is 4.74 Å². The molecule has 0 aromatic heterocycles. The Hall–Kier alpha value is -0.930. The van der Waals surface area contributed by atoms with Crippen molar-refractivity contribution in [3.63, 3.8) is 0 Å². The van der Waals surface area contributed by atoms with Gasteiger partial charge in [-0.05, 0) is 44.5 Å². The maximum atomic E-state index is 13.3. The molecule has 1 aromatic carbocycles. The molecule has 1 rings (SSSR count). The highest BCUT2D eigenvalue weighted by molar-refractivity contribution is 5.28. The fourth-order valence-electron chi connectivity index (χ4n) is 2.14. The Morgan fingerprint density at radius 1 is 1.47 bits per heavy atom. The Morgan fingerprint density at radius 3 is 2.53 bits per heavy atom. The maximum absolute atomic E-state index is 13.3. The van der Waals surface area contributed by atoms with Gasteiger partial charge in [0, 0.05) is 7.11 Å². The molecule has 0 amide bonds. The Kier molecular flexibility index (Phi) is 4.66. The SMILES string of the molecule is CCC(C)(OC)C(NC)c1ccc(F)c(C)c1. The number of hydrogen-bond acceptors (Lipinski definition) is 2. The summed E-state index contributed by atoms with van der Waals surface area (Å²) in [7, 11) is 3.61. The van der Waals surface area contributed by atoms with Gasteiger partial charge in [-0.1, -0.05) is 19.1 Å². The third-order valence-electron chi connectivity index (χ3n) is 3.58. The summed E-state index contributed by atoms with van der Waals surface area (Å²) in [6.45, 7) is 5.93. The quantitative estimate of drug-likeness (QED) is 0.852. The molecule has 1 N–H and O–H groups in total. The zero-order valence-corrected chi connectivity index (χ0v) is 11.3. The molecule has 0 bridgehead atoms. The normalized spacial score (nSPS) is 16.6. The van der Waals surface area contributed by atoms with Crippen LogP contribution in [0.2, 0.25) is 0 Å². The van der Waals surface area contributed by atoms with Crippen molar-refractivity contribution in [3.8, 4) is 0 Å². The van der Waals surface area contributed by atoms with Crippen LogP contribution in [0.3, 0.4) is 0 Å². The maximum Gasteiger partial charge on any atom is 0.126 e. The molecular weight excluding hydrogens is 217 g/mol. The van der Waals surface area contributed by atoms with Crippen molar-refractivity contribution in [2.45, 2.75) is 38.8 Å². The Morgan fingerprint density at radius 2 is 2.12 bits per heavy atom. The third kappa shape index (κ3) is 2.85. The molecule has 0 saturated carbocycles. The van der Waals surface area contributed by atoms with Crippen LogP contribution in [0.4, 0.5) is 4.39 Å². The number of methoxy groups -OCH3 is 1. The van der Waals surface area contributed by atoms with E-state index in [4.69, 9.17) is 4.74 Å². The van der Waals surface area contributed by atoms with Crippen molar-refractivity contribution in [1.82, 2.24) is 5.32 Å². The average molecular weight is 239 g/mol. The summed E-state index contributed by atoms with van der Waals surface area (Å²) >= 11 is 0. The van der Waals surface area contributed by atoms with Crippen LogP contribution in [0.5, 0.6) is 0 Å². The third-order valence-corrected chi connectivity index (χ3v) is 3.58. The first kappa shape index (κ1) is 14.1.